The van der Waals surface area contributed by atoms with Gasteiger partial charge < -0.3 is 5.32 Å². The molecule has 0 spiro atoms. The zero-order valence-corrected chi connectivity index (χ0v) is 12.5. The number of aryl methyl sites for hydroxylation is 1. The van der Waals surface area contributed by atoms with Gasteiger partial charge in [0.1, 0.15) is 23.3 Å². The second kappa shape index (κ2) is 6.61. The largest absolute Gasteiger partial charge is 0.370 e. The summed E-state index contributed by atoms with van der Waals surface area (Å²) < 4.78 is 26.6. The average molecular weight is 291 g/mol. The lowest BCUT2D eigenvalue weighted by atomic mass is 10.1. The second-order valence-corrected chi connectivity index (χ2v) is 5.04. The lowest BCUT2D eigenvalue weighted by Crippen LogP contribution is -2.10. The van der Waals surface area contributed by atoms with E-state index in [0.29, 0.717) is 11.4 Å². The molecule has 112 valence electrons. The lowest BCUT2D eigenvalue weighted by Gasteiger charge is -2.12. The zero-order valence-electron chi connectivity index (χ0n) is 12.5. The van der Waals surface area contributed by atoms with Gasteiger partial charge in [-0.25, -0.2) is 18.7 Å². The first kappa shape index (κ1) is 15.4. The molecule has 0 saturated carbocycles. The van der Waals surface area contributed by atoms with Crippen molar-refractivity contribution in [3.8, 4) is 0 Å². The Hall–Kier alpha value is -2.04. The van der Waals surface area contributed by atoms with Crippen LogP contribution < -0.4 is 5.32 Å². The molecule has 0 aliphatic heterocycles. The third-order valence-corrected chi connectivity index (χ3v) is 3.34. The Balaban J connectivity index is 2.29. The molecule has 0 atom stereocenters. The van der Waals surface area contributed by atoms with Crippen LogP contribution in [0.3, 0.4) is 0 Å². The van der Waals surface area contributed by atoms with Gasteiger partial charge >= 0.3 is 0 Å². The van der Waals surface area contributed by atoms with E-state index < -0.39 is 11.6 Å². The Morgan fingerprint density at radius 3 is 2.57 bits per heavy atom. The number of hydrogen-bond acceptors (Lipinski definition) is 3. The molecule has 0 saturated heterocycles. The highest BCUT2D eigenvalue weighted by atomic mass is 19.1. The average Bonchev–Trinajstić information content (AvgIpc) is 2.44. The summed E-state index contributed by atoms with van der Waals surface area (Å²) in [6.07, 6.45) is 1.23. The molecule has 0 aliphatic rings. The second-order valence-electron chi connectivity index (χ2n) is 5.04. The Labute approximate surface area is 123 Å². The maximum absolute atomic E-state index is 13.7. The number of nitrogens with zero attached hydrogens (tertiary/aromatic N) is 2. The fourth-order valence-corrected chi connectivity index (χ4v) is 2.02. The molecule has 2 aromatic rings. The van der Waals surface area contributed by atoms with Gasteiger partial charge in [-0.2, -0.15) is 0 Å². The van der Waals surface area contributed by atoms with Crippen LogP contribution in [0.5, 0.6) is 0 Å². The first-order valence-corrected chi connectivity index (χ1v) is 7.03. The molecule has 0 aliphatic carbocycles. The molecule has 0 bridgehead atoms. The minimum atomic E-state index is -0.581. The minimum absolute atomic E-state index is 0.244. The van der Waals surface area contributed by atoms with E-state index in [1.807, 2.05) is 13.8 Å². The molecule has 3 nitrogen and oxygen atoms in total. The summed E-state index contributed by atoms with van der Waals surface area (Å²) in [4.78, 5) is 8.84. The topological polar surface area (TPSA) is 37.8 Å². The number of aromatic nitrogens is 2. The first-order chi connectivity index (χ1) is 10.0. The van der Waals surface area contributed by atoms with Crippen molar-refractivity contribution in [1.29, 1.82) is 0 Å². The molecule has 0 radical (unpaired) electrons. The summed E-state index contributed by atoms with van der Waals surface area (Å²) in [6.45, 7) is 6.75. The van der Waals surface area contributed by atoms with E-state index in [2.05, 4.69) is 22.2 Å². The number of rotatable bonds is 5. The molecule has 0 fully saturated rings. The lowest BCUT2D eigenvalue weighted by molar-refractivity contribution is 0.573. The molecule has 1 aromatic carbocycles. The standard InChI is InChI=1S/C16H19F2N3/c1-4-7-19-16-10(2)11(3)20-15(21-16)8-12-5-6-13(17)9-14(12)18/h5-6,9H,4,7-8H2,1-3H3,(H,19,20,21). The third-order valence-electron chi connectivity index (χ3n) is 3.34. The Kier molecular flexibility index (Phi) is 4.83. The SMILES string of the molecule is CCCNc1nc(Cc2ccc(F)cc2F)nc(C)c1C. The summed E-state index contributed by atoms with van der Waals surface area (Å²) in [5, 5.41) is 3.25. The van der Waals surface area contributed by atoms with Crippen molar-refractivity contribution >= 4 is 5.82 Å². The summed E-state index contributed by atoms with van der Waals surface area (Å²) in [5.74, 6) is 0.159. The van der Waals surface area contributed by atoms with Crippen LogP contribution in [0, 0.1) is 25.5 Å². The molecule has 1 heterocycles. The van der Waals surface area contributed by atoms with Crippen LogP contribution in [0.15, 0.2) is 18.2 Å². The molecular weight excluding hydrogens is 272 g/mol. The van der Waals surface area contributed by atoms with Crippen molar-refractivity contribution in [2.45, 2.75) is 33.6 Å². The highest BCUT2D eigenvalue weighted by Crippen LogP contribution is 2.18. The number of anilines is 1. The zero-order chi connectivity index (χ0) is 15.4. The van der Waals surface area contributed by atoms with Crippen LogP contribution in [0.4, 0.5) is 14.6 Å². The van der Waals surface area contributed by atoms with Gasteiger partial charge in [-0.1, -0.05) is 13.0 Å². The maximum Gasteiger partial charge on any atom is 0.135 e. The molecule has 2 rings (SSSR count). The van der Waals surface area contributed by atoms with Gasteiger partial charge in [-0.3, -0.25) is 0 Å². The van der Waals surface area contributed by atoms with E-state index in [0.717, 1.165) is 36.1 Å². The predicted molar refractivity (Wildman–Crippen MR) is 79.5 cm³/mol. The number of halogens is 2. The number of nitrogens with one attached hydrogen (secondary N) is 1. The Morgan fingerprint density at radius 2 is 1.90 bits per heavy atom. The third kappa shape index (κ3) is 3.74. The van der Waals surface area contributed by atoms with Crippen LogP contribution in [0.25, 0.3) is 0 Å². The van der Waals surface area contributed by atoms with E-state index in [4.69, 9.17) is 0 Å². The Bertz CT molecular complexity index is 642. The fraction of sp³-hybridized carbons (Fsp3) is 0.375. The van der Waals surface area contributed by atoms with Crippen LogP contribution in [0.2, 0.25) is 0 Å². The maximum atomic E-state index is 13.7. The van der Waals surface area contributed by atoms with Gasteiger partial charge in [-0.05, 0) is 31.9 Å². The van der Waals surface area contributed by atoms with E-state index in [1.165, 1.54) is 12.1 Å². The smallest absolute Gasteiger partial charge is 0.135 e. The normalized spacial score (nSPS) is 10.7. The highest BCUT2D eigenvalue weighted by Gasteiger charge is 2.11. The molecule has 0 amide bonds. The van der Waals surface area contributed by atoms with Gasteiger partial charge in [0.2, 0.25) is 0 Å². The van der Waals surface area contributed by atoms with E-state index >= 15 is 0 Å². The van der Waals surface area contributed by atoms with E-state index in [-0.39, 0.29) is 6.42 Å². The summed E-state index contributed by atoms with van der Waals surface area (Å²) >= 11 is 0. The van der Waals surface area contributed by atoms with Crippen molar-refractivity contribution in [1.82, 2.24) is 9.97 Å². The highest BCUT2D eigenvalue weighted by molar-refractivity contribution is 5.45. The Morgan fingerprint density at radius 1 is 1.14 bits per heavy atom. The summed E-state index contributed by atoms with van der Waals surface area (Å²) in [5.41, 5.74) is 2.24. The summed E-state index contributed by atoms with van der Waals surface area (Å²) in [7, 11) is 0. The van der Waals surface area contributed by atoms with Crippen molar-refractivity contribution in [3.05, 3.63) is 52.5 Å². The molecule has 21 heavy (non-hydrogen) atoms. The van der Waals surface area contributed by atoms with Crippen molar-refractivity contribution in [2.75, 3.05) is 11.9 Å². The summed E-state index contributed by atoms with van der Waals surface area (Å²) in [6, 6.07) is 3.56. The number of hydrogen-bond donors (Lipinski definition) is 1. The molecule has 0 unspecified atom stereocenters. The minimum Gasteiger partial charge on any atom is -0.370 e. The van der Waals surface area contributed by atoms with Gasteiger partial charge in [0, 0.05) is 30.3 Å². The quantitative estimate of drug-likeness (QED) is 0.911. The van der Waals surface area contributed by atoms with Gasteiger partial charge in [-0.15, -0.1) is 0 Å². The predicted octanol–water partition coefficient (Wildman–Crippen LogP) is 3.78. The van der Waals surface area contributed by atoms with Gasteiger partial charge in [0.05, 0.1) is 0 Å². The van der Waals surface area contributed by atoms with Gasteiger partial charge in [0.15, 0.2) is 0 Å². The van der Waals surface area contributed by atoms with Crippen molar-refractivity contribution in [2.24, 2.45) is 0 Å². The first-order valence-electron chi connectivity index (χ1n) is 7.03. The molecule has 1 N–H and O–H groups in total. The van der Waals surface area contributed by atoms with E-state index in [1.54, 1.807) is 0 Å². The fourth-order valence-electron chi connectivity index (χ4n) is 2.02. The van der Waals surface area contributed by atoms with Crippen LogP contribution in [-0.4, -0.2) is 16.5 Å². The molecular formula is C16H19F2N3. The van der Waals surface area contributed by atoms with Crippen molar-refractivity contribution in [3.63, 3.8) is 0 Å². The monoisotopic (exact) mass is 291 g/mol. The van der Waals surface area contributed by atoms with Crippen LogP contribution in [-0.2, 0) is 6.42 Å². The molecule has 1 aromatic heterocycles. The van der Waals surface area contributed by atoms with Crippen LogP contribution >= 0.6 is 0 Å². The van der Waals surface area contributed by atoms with E-state index in [9.17, 15) is 8.78 Å². The van der Waals surface area contributed by atoms with Crippen LogP contribution in [0.1, 0.15) is 36.0 Å². The number of benzene rings is 1. The van der Waals surface area contributed by atoms with Crippen molar-refractivity contribution < 1.29 is 8.78 Å². The van der Waals surface area contributed by atoms with Gasteiger partial charge in [0.25, 0.3) is 0 Å². The molecule has 5 heteroatoms.